The van der Waals surface area contributed by atoms with Crippen LogP contribution in [0.15, 0.2) is 12.2 Å². The maximum absolute atomic E-state index is 12.9. The molecule has 4 saturated heterocycles. The SMILES string of the molecule is O=C(C=CC1CCC(O)C(O)C1)OC[C@H]1O[C@@H](OC2CC3C(CC(O)CC3O[C@@H]3O[C@H](CO)[C@@H](O)[C@H](O)[C@H]3O)OC2C2CCC(O)CC2)[C@H](O[C@@H]2O[C@H](CO)[C@@H](O)[C@H](O)[C@H]2O)[C@@H](O)[C@@H]1O. The molecule has 0 bridgehead atoms. The van der Waals surface area contributed by atoms with Crippen LogP contribution in [0.2, 0.25) is 0 Å². The van der Waals surface area contributed by atoms with Crippen LogP contribution in [-0.2, 0) is 42.7 Å². The molecule has 23 heteroatoms. The summed E-state index contributed by atoms with van der Waals surface area (Å²) in [6.07, 6.45) is -26.2. The van der Waals surface area contributed by atoms with E-state index >= 15 is 0 Å². The Morgan fingerprint density at radius 2 is 1.11 bits per heavy atom. The van der Waals surface area contributed by atoms with Crippen LogP contribution < -0.4 is 0 Å². The molecule has 0 amide bonds. The molecule has 3 aliphatic carbocycles. The molecule has 3 saturated carbocycles. The van der Waals surface area contributed by atoms with E-state index in [1.54, 1.807) is 6.08 Å². The van der Waals surface area contributed by atoms with E-state index in [-0.39, 0.29) is 37.5 Å². The minimum absolute atomic E-state index is 0.00536. The molecular weight excluding hydrogens is 872 g/mol. The van der Waals surface area contributed by atoms with Crippen molar-refractivity contribution in [2.24, 2.45) is 17.8 Å². The molecule has 0 aromatic heterocycles. The number of hydrogen-bond acceptors (Lipinski definition) is 23. The third kappa shape index (κ3) is 11.7. The van der Waals surface area contributed by atoms with E-state index in [2.05, 4.69) is 0 Å². The molecule has 23 nitrogen and oxygen atoms in total. The van der Waals surface area contributed by atoms with Gasteiger partial charge in [0.25, 0.3) is 0 Å². The quantitative estimate of drug-likeness (QED) is 0.0604. The highest BCUT2D eigenvalue weighted by molar-refractivity contribution is 5.81. The molecule has 7 aliphatic rings. The molecule has 0 radical (unpaired) electrons. The molecule has 7 rings (SSSR count). The van der Waals surface area contributed by atoms with Crippen LogP contribution in [0, 0.1) is 17.8 Å². The second-order valence-electron chi connectivity index (χ2n) is 18.8. The first-order chi connectivity index (χ1) is 31.0. The van der Waals surface area contributed by atoms with Crippen molar-refractivity contribution in [2.45, 2.75) is 205 Å². The number of esters is 1. The maximum Gasteiger partial charge on any atom is 0.330 e. The summed E-state index contributed by atoms with van der Waals surface area (Å²) in [4.78, 5) is 12.9. The van der Waals surface area contributed by atoms with Gasteiger partial charge in [0.1, 0.15) is 79.9 Å². The summed E-state index contributed by atoms with van der Waals surface area (Å²) in [6, 6.07) is 0. The number of carbonyl (C=O) groups excluding carboxylic acids is 1. The molecule has 374 valence electrons. The van der Waals surface area contributed by atoms with E-state index < -0.39 is 173 Å². The van der Waals surface area contributed by atoms with E-state index in [0.717, 1.165) is 6.08 Å². The Hall–Kier alpha value is -1.63. The predicted molar refractivity (Wildman–Crippen MR) is 212 cm³/mol. The molecule has 4 heterocycles. The van der Waals surface area contributed by atoms with Crippen molar-refractivity contribution >= 4 is 5.97 Å². The van der Waals surface area contributed by atoms with Gasteiger partial charge in [-0.2, -0.15) is 0 Å². The summed E-state index contributed by atoms with van der Waals surface area (Å²) in [5.41, 5.74) is 0. The summed E-state index contributed by atoms with van der Waals surface area (Å²) in [6.45, 7) is -2.13. The Bertz CT molecular complexity index is 1530. The van der Waals surface area contributed by atoms with Gasteiger partial charge in [-0.1, -0.05) is 6.08 Å². The Morgan fingerprint density at radius 1 is 0.523 bits per heavy atom. The average Bonchev–Trinajstić information content (AvgIpc) is 3.29. The van der Waals surface area contributed by atoms with Crippen molar-refractivity contribution in [2.75, 3.05) is 19.8 Å². The van der Waals surface area contributed by atoms with Crippen molar-refractivity contribution in [1.29, 1.82) is 0 Å². The van der Waals surface area contributed by atoms with Crippen LogP contribution in [0.25, 0.3) is 0 Å². The van der Waals surface area contributed by atoms with Crippen molar-refractivity contribution in [3.63, 3.8) is 0 Å². The lowest BCUT2D eigenvalue weighted by Gasteiger charge is -2.52. The smallest absolute Gasteiger partial charge is 0.330 e. The van der Waals surface area contributed by atoms with Gasteiger partial charge in [0.05, 0.1) is 62.0 Å². The fourth-order valence-electron chi connectivity index (χ4n) is 10.4. The van der Waals surface area contributed by atoms with Crippen molar-refractivity contribution in [3.05, 3.63) is 12.2 Å². The molecule has 24 atom stereocenters. The summed E-state index contributed by atoms with van der Waals surface area (Å²) < 4.78 is 48.6. The number of rotatable bonds is 13. The normalized spacial score (nSPS) is 51.0. The lowest BCUT2D eigenvalue weighted by atomic mass is 9.73. The molecule has 0 aromatic carbocycles. The largest absolute Gasteiger partial charge is 0.460 e. The minimum atomic E-state index is -1.94. The van der Waals surface area contributed by atoms with Gasteiger partial charge < -0.3 is 109 Å². The first-order valence-corrected chi connectivity index (χ1v) is 22.8. The summed E-state index contributed by atoms with van der Waals surface area (Å²) in [7, 11) is 0. The number of hydrogen-bond donors (Lipinski definition) is 14. The molecule has 7 fully saturated rings. The van der Waals surface area contributed by atoms with Gasteiger partial charge in [0, 0.05) is 18.4 Å². The van der Waals surface area contributed by atoms with Gasteiger partial charge in [0.2, 0.25) is 0 Å². The van der Waals surface area contributed by atoms with Crippen LogP contribution >= 0.6 is 0 Å². The van der Waals surface area contributed by atoms with Crippen LogP contribution in [0.1, 0.15) is 64.2 Å². The van der Waals surface area contributed by atoms with Crippen molar-refractivity contribution in [3.8, 4) is 0 Å². The molecular formula is C42H68O23. The monoisotopic (exact) mass is 940 g/mol. The predicted octanol–water partition coefficient (Wildman–Crippen LogP) is -5.71. The molecule has 9 unspecified atom stereocenters. The highest BCUT2D eigenvalue weighted by Gasteiger charge is 2.56. The number of carbonyl (C=O) groups is 1. The Balaban J connectivity index is 1.14. The first-order valence-electron chi connectivity index (χ1n) is 22.8. The summed E-state index contributed by atoms with van der Waals surface area (Å²) >= 11 is 0. The van der Waals surface area contributed by atoms with Gasteiger partial charge in [-0.25, -0.2) is 4.79 Å². The van der Waals surface area contributed by atoms with Gasteiger partial charge in [-0.3, -0.25) is 0 Å². The zero-order chi connectivity index (χ0) is 46.9. The number of aliphatic hydroxyl groups is 14. The number of allylic oxidation sites excluding steroid dienone is 1. The van der Waals surface area contributed by atoms with Crippen LogP contribution in [0.4, 0.5) is 0 Å². The number of aliphatic hydroxyl groups excluding tert-OH is 14. The molecule has 0 aromatic rings. The van der Waals surface area contributed by atoms with Crippen LogP contribution in [0.5, 0.6) is 0 Å². The highest BCUT2D eigenvalue weighted by atomic mass is 16.8. The van der Waals surface area contributed by atoms with E-state index in [9.17, 15) is 76.3 Å². The third-order valence-corrected chi connectivity index (χ3v) is 14.3. The van der Waals surface area contributed by atoms with E-state index in [1.165, 1.54) is 0 Å². The Labute approximate surface area is 374 Å². The zero-order valence-corrected chi connectivity index (χ0v) is 35.8. The molecule has 14 N–H and O–H groups in total. The lowest BCUT2D eigenvalue weighted by molar-refractivity contribution is -0.380. The van der Waals surface area contributed by atoms with Gasteiger partial charge in [-0.05, 0) is 69.6 Å². The van der Waals surface area contributed by atoms with E-state index in [0.29, 0.717) is 38.5 Å². The fraction of sp³-hybridized carbons (Fsp3) is 0.929. The highest BCUT2D eigenvalue weighted by Crippen LogP contribution is 2.45. The Kier molecular flexibility index (Phi) is 17.7. The number of fused-ring (bicyclic) bond motifs is 1. The van der Waals surface area contributed by atoms with Crippen LogP contribution in [-0.4, -0.2) is 238 Å². The fourth-order valence-corrected chi connectivity index (χ4v) is 10.4. The molecule has 65 heavy (non-hydrogen) atoms. The first kappa shape index (κ1) is 51.2. The third-order valence-electron chi connectivity index (χ3n) is 14.3. The minimum Gasteiger partial charge on any atom is -0.460 e. The van der Waals surface area contributed by atoms with E-state index in [4.69, 9.17) is 37.9 Å². The topological polar surface area (TPSA) is 374 Å². The maximum atomic E-state index is 12.9. The lowest BCUT2D eigenvalue weighted by Crippen LogP contribution is -2.66. The summed E-state index contributed by atoms with van der Waals surface area (Å²) in [5.74, 6) is -1.91. The van der Waals surface area contributed by atoms with Gasteiger partial charge >= 0.3 is 5.97 Å². The second-order valence-corrected chi connectivity index (χ2v) is 18.8. The second kappa shape index (κ2) is 22.4. The molecule has 4 aliphatic heterocycles. The molecule has 0 spiro atoms. The van der Waals surface area contributed by atoms with Crippen LogP contribution in [0.3, 0.4) is 0 Å². The van der Waals surface area contributed by atoms with Crippen molar-refractivity contribution < 1.29 is 114 Å². The number of ether oxygens (including phenoxy) is 8. The standard InChI is InChI=1S/C42H68O23/c43-13-26-30(50)33(53)36(56)40(62-26)60-24-11-19(46)10-23-20(24)12-25(38(59-23)17-3-5-18(45)6-4-17)61-42-39(65-41-37(57)34(54)31(51)27(14-44)63-41)35(55)32(52)28(64-42)15-58-29(49)8-2-16-1-7-21(47)22(48)9-16/h2,8,16-28,30-48,50-57H,1,3-7,9-15H2/t16?,17?,18?,19?,20?,21?,22?,23?,24?,25?,26-,27-,28-,30-,31-,32-,33+,34+,35+,36-,37-,38?,39-,40-,41+,42-/m1/s1. The van der Waals surface area contributed by atoms with E-state index in [1.807, 2.05) is 0 Å². The zero-order valence-electron chi connectivity index (χ0n) is 35.8. The van der Waals surface area contributed by atoms with Gasteiger partial charge in [0.15, 0.2) is 18.9 Å². The summed E-state index contributed by atoms with van der Waals surface area (Å²) in [5, 5.41) is 148. The van der Waals surface area contributed by atoms with Crippen molar-refractivity contribution in [1.82, 2.24) is 0 Å². The van der Waals surface area contributed by atoms with Gasteiger partial charge in [-0.15, -0.1) is 0 Å². The average molecular weight is 941 g/mol. The Morgan fingerprint density at radius 3 is 1.72 bits per heavy atom.